The monoisotopic (exact) mass is 256 g/mol. The fourth-order valence-electron chi connectivity index (χ4n) is 2.50. The van der Waals surface area contributed by atoms with Crippen molar-refractivity contribution in [2.24, 2.45) is 0 Å². The standard InChI is InChI=1S/C16H16OS/c17-14-9-7-13(8-10-14)16-15-6-2-1-4-12(15)5-3-11-18-16/h1-2,4,6-10,16-17H,3,5,11H2. The predicted octanol–water partition coefficient (Wildman–Crippen LogP) is 4.16. The van der Waals surface area contributed by atoms with Crippen LogP contribution in [0.4, 0.5) is 0 Å². The second-order valence-corrected chi connectivity index (χ2v) is 5.86. The zero-order valence-corrected chi connectivity index (χ0v) is 11.0. The highest BCUT2D eigenvalue weighted by Gasteiger charge is 2.20. The zero-order valence-electron chi connectivity index (χ0n) is 10.2. The van der Waals surface area contributed by atoms with Crippen LogP contribution in [0.15, 0.2) is 48.5 Å². The number of hydrogen-bond donors (Lipinski definition) is 1. The van der Waals surface area contributed by atoms with E-state index in [0.717, 1.165) is 0 Å². The van der Waals surface area contributed by atoms with Gasteiger partial charge in [-0.25, -0.2) is 0 Å². The minimum absolute atomic E-state index is 0.339. The molecule has 0 spiro atoms. The van der Waals surface area contributed by atoms with Gasteiger partial charge in [-0.1, -0.05) is 36.4 Å². The number of phenolic OH excluding ortho intramolecular Hbond substituents is 1. The zero-order chi connectivity index (χ0) is 12.4. The Morgan fingerprint density at radius 3 is 2.61 bits per heavy atom. The molecule has 1 heterocycles. The molecule has 1 unspecified atom stereocenters. The van der Waals surface area contributed by atoms with Crippen LogP contribution in [-0.4, -0.2) is 10.9 Å². The van der Waals surface area contributed by atoms with Crippen LogP contribution in [-0.2, 0) is 6.42 Å². The highest BCUT2D eigenvalue weighted by molar-refractivity contribution is 7.99. The number of hydrogen-bond acceptors (Lipinski definition) is 2. The van der Waals surface area contributed by atoms with Crippen molar-refractivity contribution < 1.29 is 5.11 Å². The van der Waals surface area contributed by atoms with Gasteiger partial charge in [0, 0.05) is 0 Å². The Morgan fingerprint density at radius 2 is 1.78 bits per heavy atom. The van der Waals surface area contributed by atoms with Crippen molar-refractivity contribution in [3.05, 3.63) is 65.2 Å². The van der Waals surface area contributed by atoms with Crippen LogP contribution >= 0.6 is 11.8 Å². The first kappa shape index (κ1) is 11.7. The average Bonchev–Trinajstić information content (AvgIpc) is 2.62. The number of phenols is 1. The van der Waals surface area contributed by atoms with Crippen LogP contribution in [0.25, 0.3) is 0 Å². The summed E-state index contributed by atoms with van der Waals surface area (Å²) < 4.78 is 0. The summed E-state index contributed by atoms with van der Waals surface area (Å²) in [5, 5.41) is 9.81. The van der Waals surface area contributed by atoms with Gasteiger partial charge >= 0.3 is 0 Å². The molecule has 0 radical (unpaired) electrons. The first-order chi connectivity index (χ1) is 8.84. The maximum atomic E-state index is 9.40. The molecule has 0 aromatic heterocycles. The number of benzene rings is 2. The van der Waals surface area contributed by atoms with E-state index in [1.807, 2.05) is 23.9 Å². The van der Waals surface area contributed by atoms with Crippen LogP contribution < -0.4 is 0 Å². The fraction of sp³-hybridized carbons (Fsp3) is 0.250. The highest BCUT2D eigenvalue weighted by Crippen LogP contribution is 2.40. The predicted molar refractivity (Wildman–Crippen MR) is 77.2 cm³/mol. The molecule has 0 saturated heterocycles. The summed E-state index contributed by atoms with van der Waals surface area (Å²) >= 11 is 2.00. The molecular formula is C16H16OS. The molecule has 1 aliphatic rings. The summed E-state index contributed by atoms with van der Waals surface area (Å²) in [6.45, 7) is 0. The highest BCUT2D eigenvalue weighted by atomic mass is 32.2. The molecule has 0 amide bonds. The van der Waals surface area contributed by atoms with E-state index >= 15 is 0 Å². The summed E-state index contributed by atoms with van der Waals surface area (Å²) in [6.07, 6.45) is 2.42. The Bertz CT molecular complexity index is 533. The molecule has 18 heavy (non-hydrogen) atoms. The van der Waals surface area contributed by atoms with E-state index in [-0.39, 0.29) is 0 Å². The number of aromatic hydroxyl groups is 1. The number of fused-ring (bicyclic) bond motifs is 1. The Morgan fingerprint density at radius 1 is 1.00 bits per heavy atom. The molecule has 0 fully saturated rings. The molecule has 92 valence electrons. The van der Waals surface area contributed by atoms with Crippen LogP contribution in [0.5, 0.6) is 5.75 Å². The lowest BCUT2D eigenvalue weighted by Crippen LogP contribution is -1.98. The van der Waals surface area contributed by atoms with Crippen molar-refractivity contribution in [1.82, 2.24) is 0 Å². The molecular weight excluding hydrogens is 240 g/mol. The van der Waals surface area contributed by atoms with Crippen LogP contribution in [0.2, 0.25) is 0 Å². The Hall–Kier alpha value is -1.41. The van der Waals surface area contributed by atoms with E-state index in [4.69, 9.17) is 0 Å². The number of aryl methyl sites for hydroxylation is 1. The Kier molecular flexibility index (Phi) is 3.28. The molecule has 1 nitrogen and oxygen atoms in total. The Labute approximate surface area is 112 Å². The van der Waals surface area contributed by atoms with Gasteiger partial charge < -0.3 is 5.11 Å². The van der Waals surface area contributed by atoms with Gasteiger partial charge in [0.25, 0.3) is 0 Å². The summed E-state index contributed by atoms with van der Waals surface area (Å²) in [6, 6.07) is 16.4. The quantitative estimate of drug-likeness (QED) is 0.826. The molecule has 2 heteroatoms. The number of rotatable bonds is 1. The molecule has 0 saturated carbocycles. The van der Waals surface area contributed by atoms with E-state index in [2.05, 4.69) is 24.3 Å². The smallest absolute Gasteiger partial charge is 0.115 e. The summed E-state index contributed by atoms with van der Waals surface area (Å²) in [4.78, 5) is 0. The second-order valence-electron chi connectivity index (χ2n) is 4.64. The molecule has 2 aromatic carbocycles. The third-order valence-corrected chi connectivity index (χ3v) is 4.79. The lowest BCUT2D eigenvalue weighted by atomic mass is 9.97. The normalized spacial score (nSPS) is 19.0. The van der Waals surface area contributed by atoms with Gasteiger partial charge in [0.2, 0.25) is 0 Å². The molecule has 1 atom stereocenters. The first-order valence-electron chi connectivity index (χ1n) is 6.33. The maximum Gasteiger partial charge on any atom is 0.115 e. The van der Waals surface area contributed by atoms with Crippen LogP contribution in [0.3, 0.4) is 0 Å². The van der Waals surface area contributed by atoms with Crippen molar-refractivity contribution in [1.29, 1.82) is 0 Å². The van der Waals surface area contributed by atoms with E-state index in [9.17, 15) is 5.11 Å². The van der Waals surface area contributed by atoms with Crippen LogP contribution in [0, 0.1) is 0 Å². The van der Waals surface area contributed by atoms with Gasteiger partial charge in [-0.15, -0.1) is 11.8 Å². The second kappa shape index (κ2) is 5.07. The molecule has 0 bridgehead atoms. The minimum atomic E-state index is 0.339. The molecule has 2 aromatic rings. The minimum Gasteiger partial charge on any atom is -0.508 e. The first-order valence-corrected chi connectivity index (χ1v) is 7.38. The van der Waals surface area contributed by atoms with Crippen LogP contribution in [0.1, 0.15) is 28.4 Å². The lowest BCUT2D eigenvalue weighted by Gasteiger charge is -2.17. The molecule has 0 aliphatic carbocycles. The van der Waals surface area contributed by atoms with E-state index < -0.39 is 0 Å². The van der Waals surface area contributed by atoms with Crippen molar-refractivity contribution >= 4 is 11.8 Å². The largest absolute Gasteiger partial charge is 0.508 e. The van der Waals surface area contributed by atoms with Gasteiger partial charge in [0.05, 0.1) is 5.25 Å². The van der Waals surface area contributed by atoms with E-state index in [0.29, 0.717) is 11.0 Å². The average molecular weight is 256 g/mol. The third kappa shape index (κ3) is 2.25. The van der Waals surface area contributed by atoms with E-state index in [1.54, 1.807) is 12.1 Å². The van der Waals surface area contributed by atoms with Crippen molar-refractivity contribution in [3.63, 3.8) is 0 Å². The lowest BCUT2D eigenvalue weighted by molar-refractivity contribution is 0.475. The summed E-state index contributed by atoms with van der Waals surface area (Å²) in [7, 11) is 0. The van der Waals surface area contributed by atoms with Gasteiger partial charge in [0.15, 0.2) is 0 Å². The maximum absolute atomic E-state index is 9.40. The summed E-state index contributed by atoms with van der Waals surface area (Å²) in [5.74, 6) is 1.53. The van der Waals surface area contributed by atoms with Gasteiger partial charge in [0.1, 0.15) is 5.75 Å². The van der Waals surface area contributed by atoms with Gasteiger partial charge in [-0.05, 0) is 47.4 Å². The van der Waals surface area contributed by atoms with Crippen molar-refractivity contribution in [2.45, 2.75) is 18.1 Å². The van der Waals surface area contributed by atoms with E-state index in [1.165, 1.54) is 35.3 Å². The fourth-order valence-corrected chi connectivity index (χ4v) is 3.80. The molecule has 3 rings (SSSR count). The summed E-state index contributed by atoms with van der Waals surface area (Å²) in [5.41, 5.74) is 4.19. The third-order valence-electron chi connectivity index (χ3n) is 3.41. The van der Waals surface area contributed by atoms with Crippen molar-refractivity contribution in [2.75, 3.05) is 5.75 Å². The topological polar surface area (TPSA) is 20.2 Å². The van der Waals surface area contributed by atoms with Gasteiger partial charge in [-0.2, -0.15) is 0 Å². The molecule has 1 N–H and O–H groups in total. The van der Waals surface area contributed by atoms with Gasteiger partial charge in [-0.3, -0.25) is 0 Å². The molecule has 1 aliphatic heterocycles. The number of thioether (sulfide) groups is 1. The van der Waals surface area contributed by atoms with Crippen molar-refractivity contribution in [3.8, 4) is 5.75 Å². The SMILES string of the molecule is Oc1ccc(C2SCCCc3ccccc32)cc1. The Balaban J connectivity index is 2.03.